The minimum absolute atomic E-state index is 0.867. The third-order valence-corrected chi connectivity index (χ3v) is 3.64. The van der Waals surface area contributed by atoms with Crippen molar-refractivity contribution in [2.45, 2.75) is 60.8 Å². The number of hydrogen-bond donors (Lipinski definition) is 0. The zero-order valence-corrected chi connectivity index (χ0v) is 10.4. The molecule has 13 heavy (non-hydrogen) atoms. The van der Waals surface area contributed by atoms with Gasteiger partial charge in [-0.1, -0.05) is 60.8 Å². The number of rotatable bonds is 6. The smallest absolute Gasteiger partial charge is 0.0391 e. The highest BCUT2D eigenvalue weighted by Gasteiger charge is 2.17. The maximum Gasteiger partial charge on any atom is -0.0391 e. The van der Waals surface area contributed by atoms with Crippen LogP contribution in [0.15, 0.2) is 0 Å². The van der Waals surface area contributed by atoms with Gasteiger partial charge in [-0.25, -0.2) is 0 Å². The van der Waals surface area contributed by atoms with E-state index in [4.69, 9.17) is 0 Å². The van der Waals surface area contributed by atoms with E-state index in [-0.39, 0.29) is 0 Å². The Morgan fingerprint density at radius 1 is 0.769 bits per heavy atom. The highest BCUT2D eigenvalue weighted by Crippen LogP contribution is 2.27. The second-order valence-corrected chi connectivity index (χ2v) is 5.19. The first-order chi connectivity index (χ1) is 5.99. The van der Waals surface area contributed by atoms with Crippen LogP contribution >= 0.6 is 0 Å². The van der Waals surface area contributed by atoms with Gasteiger partial charge in [0.2, 0.25) is 0 Å². The lowest BCUT2D eigenvalue weighted by Crippen LogP contribution is -2.16. The SMILES string of the molecule is CCC(C)C(C)C(C)CCC(C)C. The van der Waals surface area contributed by atoms with Gasteiger partial charge in [0.1, 0.15) is 0 Å². The van der Waals surface area contributed by atoms with Crippen LogP contribution in [0.3, 0.4) is 0 Å². The summed E-state index contributed by atoms with van der Waals surface area (Å²) >= 11 is 0. The lowest BCUT2D eigenvalue weighted by atomic mass is 9.80. The molecule has 0 nitrogen and oxygen atoms in total. The fraction of sp³-hybridized carbons (Fsp3) is 1.00. The topological polar surface area (TPSA) is 0 Å². The van der Waals surface area contributed by atoms with Gasteiger partial charge in [0, 0.05) is 0 Å². The Kier molecular flexibility index (Phi) is 6.45. The Labute approximate surface area is 85.1 Å². The molecule has 3 atom stereocenters. The van der Waals surface area contributed by atoms with Gasteiger partial charge in [-0.05, 0) is 23.7 Å². The van der Waals surface area contributed by atoms with E-state index in [1.807, 2.05) is 0 Å². The predicted octanol–water partition coefficient (Wildman–Crippen LogP) is 4.74. The monoisotopic (exact) mass is 184 g/mol. The van der Waals surface area contributed by atoms with Crippen molar-refractivity contribution in [2.24, 2.45) is 23.7 Å². The molecule has 0 rings (SSSR count). The molecular formula is C13H28. The standard InChI is InChI=1S/C13H28/c1-7-11(4)13(6)12(5)9-8-10(2)3/h10-13H,7-9H2,1-6H3. The molecule has 0 aliphatic heterocycles. The van der Waals surface area contributed by atoms with E-state index in [0.29, 0.717) is 0 Å². The molecule has 0 aromatic heterocycles. The highest BCUT2D eigenvalue weighted by atomic mass is 14.2. The van der Waals surface area contributed by atoms with E-state index in [1.165, 1.54) is 19.3 Å². The van der Waals surface area contributed by atoms with Gasteiger partial charge in [-0.3, -0.25) is 0 Å². The molecule has 0 aliphatic carbocycles. The second-order valence-electron chi connectivity index (χ2n) is 5.19. The first kappa shape index (κ1) is 13.0. The van der Waals surface area contributed by atoms with Crippen LogP contribution in [0.2, 0.25) is 0 Å². The van der Waals surface area contributed by atoms with Crippen molar-refractivity contribution >= 4 is 0 Å². The second kappa shape index (κ2) is 6.45. The van der Waals surface area contributed by atoms with Gasteiger partial charge < -0.3 is 0 Å². The Balaban J connectivity index is 3.74. The van der Waals surface area contributed by atoms with Gasteiger partial charge in [0.05, 0.1) is 0 Å². The van der Waals surface area contributed by atoms with E-state index in [1.54, 1.807) is 0 Å². The molecule has 0 fully saturated rings. The van der Waals surface area contributed by atoms with E-state index in [9.17, 15) is 0 Å². The van der Waals surface area contributed by atoms with Crippen molar-refractivity contribution in [2.75, 3.05) is 0 Å². The molecule has 0 N–H and O–H groups in total. The molecule has 0 saturated carbocycles. The Morgan fingerprint density at radius 2 is 1.31 bits per heavy atom. The van der Waals surface area contributed by atoms with Crippen molar-refractivity contribution in [3.63, 3.8) is 0 Å². The summed E-state index contributed by atoms with van der Waals surface area (Å²) in [4.78, 5) is 0. The molecule has 0 heterocycles. The van der Waals surface area contributed by atoms with Crippen LogP contribution in [0.1, 0.15) is 60.8 Å². The Morgan fingerprint density at radius 3 is 1.69 bits per heavy atom. The summed E-state index contributed by atoms with van der Waals surface area (Å²) < 4.78 is 0. The molecule has 0 bridgehead atoms. The van der Waals surface area contributed by atoms with Crippen LogP contribution in [-0.4, -0.2) is 0 Å². The molecule has 0 radical (unpaired) electrons. The van der Waals surface area contributed by atoms with Crippen LogP contribution in [-0.2, 0) is 0 Å². The van der Waals surface area contributed by atoms with Crippen molar-refractivity contribution in [3.8, 4) is 0 Å². The first-order valence-corrected chi connectivity index (χ1v) is 5.99. The summed E-state index contributed by atoms with van der Waals surface area (Å²) in [6.45, 7) is 14.2. The largest absolute Gasteiger partial charge is 0.0651 e. The lowest BCUT2D eigenvalue weighted by molar-refractivity contribution is 0.249. The van der Waals surface area contributed by atoms with E-state index in [0.717, 1.165) is 23.7 Å². The van der Waals surface area contributed by atoms with E-state index in [2.05, 4.69) is 41.5 Å². The molecule has 0 aromatic carbocycles. The average molecular weight is 184 g/mol. The Bertz CT molecular complexity index is 115. The third-order valence-electron chi connectivity index (χ3n) is 3.64. The molecule has 3 unspecified atom stereocenters. The summed E-state index contributed by atoms with van der Waals surface area (Å²) in [5.41, 5.74) is 0. The fourth-order valence-electron chi connectivity index (χ4n) is 1.79. The molecule has 0 aromatic rings. The van der Waals surface area contributed by atoms with Crippen LogP contribution < -0.4 is 0 Å². The molecule has 0 amide bonds. The van der Waals surface area contributed by atoms with Crippen molar-refractivity contribution in [1.82, 2.24) is 0 Å². The average Bonchev–Trinajstić information content (AvgIpc) is 2.11. The minimum Gasteiger partial charge on any atom is -0.0651 e. The highest BCUT2D eigenvalue weighted by molar-refractivity contribution is 4.67. The summed E-state index contributed by atoms with van der Waals surface area (Å²) in [6, 6.07) is 0. The maximum atomic E-state index is 2.42. The maximum absolute atomic E-state index is 2.42. The summed E-state index contributed by atoms with van der Waals surface area (Å²) in [6.07, 6.45) is 4.12. The van der Waals surface area contributed by atoms with Gasteiger partial charge in [-0.15, -0.1) is 0 Å². The van der Waals surface area contributed by atoms with Gasteiger partial charge in [0.15, 0.2) is 0 Å². The molecule has 0 heteroatoms. The summed E-state index contributed by atoms with van der Waals surface area (Å²) in [5.74, 6) is 3.55. The van der Waals surface area contributed by atoms with Crippen LogP contribution in [0, 0.1) is 23.7 Å². The van der Waals surface area contributed by atoms with Crippen molar-refractivity contribution in [3.05, 3.63) is 0 Å². The number of hydrogen-bond acceptors (Lipinski definition) is 0. The summed E-state index contributed by atoms with van der Waals surface area (Å²) in [5, 5.41) is 0. The quantitative estimate of drug-likeness (QED) is 0.559. The van der Waals surface area contributed by atoms with E-state index < -0.39 is 0 Å². The lowest BCUT2D eigenvalue weighted by Gasteiger charge is -2.25. The summed E-state index contributed by atoms with van der Waals surface area (Å²) in [7, 11) is 0. The van der Waals surface area contributed by atoms with E-state index >= 15 is 0 Å². The zero-order chi connectivity index (χ0) is 10.4. The zero-order valence-electron chi connectivity index (χ0n) is 10.4. The normalized spacial score (nSPS) is 18.7. The van der Waals surface area contributed by atoms with Crippen molar-refractivity contribution in [1.29, 1.82) is 0 Å². The molecule has 80 valence electrons. The van der Waals surface area contributed by atoms with Crippen molar-refractivity contribution < 1.29 is 0 Å². The molecule has 0 spiro atoms. The van der Waals surface area contributed by atoms with Crippen LogP contribution in [0.5, 0.6) is 0 Å². The van der Waals surface area contributed by atoms with Crippen LogP contribution in [0.25, 0.3) is 0 Å². The minimum atomic E-state index is 0.867. The van der Waals surface area contributed by atoms with Gasteiger partial charge in [-0.2, -0.15) is 0 Å². The fourth-order valence-corrected chi connectivity index (χ4v) is 1.79. The predicted molar refractivity (Wildman–Crippen MR) is 61.9 cm³/mol. The molecular weight excluding hydrogens is 156 g/mol. The molecule has 0 saturated heterocycles. The molecule has 0 aliphatic rings. The van der Waals surface area contributed by atoms with Gasteiger partial charge >= 0.3 is 0 Å². The van der Waals surface area contributed by atoms with Crippen LogP contribution in [0.4, 0.5) is 0 Å². The third kappa shape index (κ3) is 5.33. The first-order valence-electron chi connectivity index (χ1n) is 5.99. The van der Waals surface area contributed by atoms with Gasteiger partial charge in [0.25, 0.3) is 0 Å². The Hall–Kier alpha value is 0.